The first-order valence-corrected chi connectivity index (χ1v) is 7.38. The largest absolute Gasteiger partial charge is 0.413 e. The predicted octanol–water partition coefficient (Wildman–Crippen LogP) is 1.54. The molecule has 1 rings (SSSR count). The lowest BCUT2D eigenvalue weighted by molar-refractivity contribution is 0.155. The van der Waals surface area contributed by atoms with Crippen LogP contribution in [-0.2, 0) is 4.43 Å². The highest BCUT2D eigenvalue weighted by atomic mass is 28.4. The molecule has 0 aromatic carbocycles. The molecule has 3 heteroatoms. The van der Waals surface area contributed by atoms with Crippen molar-refractivity contribution in [2.45, 2.75) is 38.2 Å². The minimum Gasteiger partial charge on any atom is -0.413 e. The van der Waals surface area contributed by atoms with Gasteiger partial charge in [0, 0.05) is 6.04 Å². The highest BCUT2D eigenvalue weighted by Gasteiger charge is 2.40. The molecular weight excluding hydrogens is 154 g/mol. The molecular formula is C8H19NOSi. The summed E-state index contributed by atoms with van der Waals surface area (Å²) in [5.41, 5.74) is 0. The summed E-state index contributed by atoms with van der Waals surface area (Å²) in [6, 6.07) is 1.93. The molecule has 2 atom stereocenters. The molecule has 0 radical (unpaired) electrons. The molecule has 1 heterocycles. The van der Waals surface area contributed by atoms with Crippen molar-refractivity contribution in [3.63, 3.8) is 0 Å². The van der Waals surface area contributed by atoms with E-state index < -0.39 is 8.32 Å². The summed E-state index contributed by atoms with van der Waals surface area (Å²) in [6.45, 7) is 6.78. The Morgan fingerprint density at radius 1 is 1.36 bits per heavy atom. The number of rotatable bonds is 1. The van der Waals surface area contributed by atoms with Crippen molar-refractivity contribution in [3.05, 3.63) is 0 Å². The molecule has 2 unspecified atom stereocenters. The molecule has 1 aliphatic rings. The maximum Gasteiger partial charge on any atom is 0.188 e. The SMILES string of the molecule is CC1O[Si](C)(C)CC1N(C)C. The topological polar surface area (TPSA) is 12.5 Å². The van der Waals surface area contributed by atoms with Gasteiger partial charge >= 0.3 is 0 Å². The first kappa shape index (κ1) is 9.23. The molecule has 0 amide bonds. The summed E-state index contributed by atoms with van der Waals surface area (Å²) in [7, 11) is 3.01. The Hall–Kier alpha value is 0.137. The summed E-state index contributed by atoms with van der Waals surface area (Å²) < 4.78 is 5.92. The molecule has 1 aliphatic heterocycles. The minimum atomic E-state index is -1.27. The third kappa shape index (κ3) is 2.04. The molecule has 2 nitrogen and oxygen atoms in total. The number of hydrogen-bond donors (Lipinski definition) is 0. The van der Waals surface area contributed by atoms with Crippen LogP contribution in [0, 0.1) is 0 Å². The van der Waals surface area contributed by atoms with Crippen LogP contribution >= 0.6 is 0 Å². The van der Waals surface area contributed by atoms with Crippen LogP contribution < -0.4 is 0 Å². The van der Waals surface area contributed by atoms with Gasteiger partial charge in [0.1, 0.15) is 0 Å². The lowest BCUT2D eigenvalue weighted by Gasteiger charge is -2.21. The van der Waals surface area contributed by atoms with Gasteiger partial charge in [0.2, 0.25) is 0 Å². The molecule has 0 N–H and O–H groups in total. The van der Waals surface area contributed by atoms with Crippen LogP contribution in [0.1, 0.15) is 6.92 Å². The van der Waals surface area contributed by atoms with Crippen LogP contribution in [0.25, 0.3) is 0 Å². The van der Waals surface area contributed by atoms with Gasteiger partial charge in [-0.2, -0.15) is 0 Å². The third-order valence-electron chi connectivity index (χ3n) is 2.41. The molecule has 0 aromatic rings. The van der Waals surface area contributed by atoms with Gasteiger partial charge in [-0.25, -0.2) is 0 Å². The Kier molecular flexibility index (Phi) is 2.42. The van der Waals surface area contributed by atoms with Crippen molar-refractivity contribution in [1.29, 1.82) is 0 Å². The first-order chi connectivity index (χ1) is 4.92. The molecule has 0 aromatic heterocycles. The lowest BCUT2D eigenvalue weighted by Crippen LogP contribution is -2.33. The minimum absolute atomic E-state index is 0.437. The Labute approximate surface area is 70.7 Å². The van der Waals surface area contributed by atoms with Crippen LogP contribution in [0.5, 0.6) is 0 Å². The van der Waals surface area contributed by atoms with Crippen molar-refractivity contribution >= 4 is 8.32 Å². The van der Waals surface area contributed by atoms with E-state index in [-0.39, 0.29) is 0 Å². The summed E-state index contributed by atoms with van der Waals surface area (Å²) in [4.78, 5) is 2.28. The molecule has 1 fully saturated rings. The van der Waals surface area contributed by atoms with Crippen molar-refractivity contribution in [1.82, 2.24) is 4.90 Å². The molecule has 0 bridgehead atoms. The van der Waals surface area contributed by atoms with E-state index in [1.54, 1.807) is 0 Å². The zero-order valence-corrected chi connectivity index (χ0v) is 9.22. The Morgan fingerprint density at radius 3 is 2.09 bits per heavy atom. The van der Waals surface area contributed by atoms with Gasteiger partial charge in [-0.15, -0.1) is 0 Å². The molecule has 1 saturated heterocycles. The van der Waals surface area contributed by atoms with Gasteiger partial charge in [0.15, 0.2) is 8.32 Å². The first-order valence-electron chi connectivity index (χ1n) is 4.26. The van der Waals surface area contributed by atoms with Gasteiger partial charge < -0.3 is 9.33 Å². The van der Waals surface area contributed by atoms with E-state index in [9.17, 15) is 0 Å². The van der Waals surface area contributed by atoms with Gasteiger partial charge in [-0.05, 0) is 40.2 Å². The van der Waals surface area contributed by atoms with Crippen LogP contribution in [0.3, 0.4) is 0 Å². The molecule has 0 aliphatic carbocycles. The summed E-state index contributed by atoms with van der Waals surface area (Å²) in [6.07, 6.45) is 0.437. The monoisotopic (exact) mass is 173 g/mol. The molecule has 0 spiro atoms. The zero-order chi connectivity index (χ0) is 8.65. The maximum atomic E-state index is 5.92. The highest BCUT2D eigenvalue weighted by molar-refractivity contribution is 6.72. The van der Waals surface area contributed by atoms with E-state index in [1.807, 2.05) is 0 Å². The summed E-state index contributed by atoms with van der Waals surface area (Å²) >= 11 is 0. The number of hydrogen-bond acceptors (Lipinski definition) is 2. The van der Waals surface area contributed by atoms with E-state index in [1.165, 1.54) is 6.04 Å². The van der Waals surface area contributed by atoms with E-state index in [4.69, 9.17) is 4.43 Å². The average Bonchev–Trinajstić information content (AvgIpc) is 2.05. The van der Waals surface area contributed by atoms with Gasteiger partial charge in [0.05, 0.1) is 6.10 Å². The van der Waals surface area contributed by atoms with Crippen LogP contribution in [0.4, 0.5) is 0 Å². The average molecular weight is 173 g/mol. The number of likely N-dealkylation sites (N-methyl/N-ethyl adjacent to an activating group) is 1. The standard InChI is InChI=1S/C8H19NOSi/c1-7-8(9(2)3)6-11(4,5)10-7/h7-8H,6H2,1-5H3. The second kappa shape index (κ2) is 2.88. The quantitative estimate of drug-likeness (QED) is 0.558. The second-order valence-electron chi connectivity index (χ2n) is 4.32. The Morgan fingerprint density at radius 2 is 1.91 bits per heavy atom. The van der Waals surface area contributed by atoms with Crippen molar-refractivity contribution in [3.8, 4) is 0 Å². The van der Waals surface area contributed by atoms with Crippen LogP contribution in [-0.4, -0.2) is 39.5 Å². The van der Waals surface area contributed by atoms with E-state index >= 15 is 0 Å². The summed E-state index contributed by atoms with van der Waals surface area (Å²) in [5, 5.41) is 0. The molecule has 0 saturated carbocycles. The third-order valence-corrected chi connectivity index (χ3v) is 4.82. The number of nitrogens with zero attached hydrogens (tertiary/aromatic N) is 1. The fraction of sp³-hybridized carbons (Fsp3) is 1.00. The predicted molar refractivity (Wildman–Crippen MR) is 50.3 cm³/mol. The maximum absolute atomic E-state index is 5.92. The van der Waals surface area contributed by atoms with Crippen LogP contribution in [0.15, 0.2) is 0 Å². The zero-order valence-electron chi connectivity index (χ0n) is 8.22. The van der Waals surface area contributed by atoms with Gasteiger partial charge in [-0.1, -0.05) is 0 Å². The summed E-state index contributed by atoms with van der Waals surface area (Å²) in [5.74, 6) is 0. The van der Waals surface area contributed by atoms with Crippen molar-refractivity contribution < 1.29 is 4.43 Å². The Bertz CT molecular complexity index is 147. The molecule has 11 heavy (non-hydrogen) atoms. The van der Waals surface area contributed by atoms with E-state index in [0.29, 0.717) is 12.1 Å². The van der Waals surface area contributed by atoms with E-state index in [2.05, 4.69) is 39.0 Å². The highest BCUT2D eigenvalue weighted by Crippen LogP contribution is 2.29. The Balaban J connectivity index is 2.59. The van der Waals surface area contributed by atoms with E-state index in [0.717, 1.165) is 0 Å². The van der Waals surface area contributed by atoms with Crippen molar-refractivity contribution in [2.75, 3.05) is 14.1 Å². The normalized spacial score (nSPS) is 36.5. The smallest absolute Gasteiger partial charge is 0.188 e. The molecule has 66 valence electrons. The van der Waals surface area contributed by atoms with Crippen LogP contribution in [0.2, 0.25) is 19.1 Å². The fourth-order valence-corrected chi connectivity index (χ4v) is 4.87. The lowest BCUT2D eigenvalue weighted by atomic mass is 10.2. The van der Waals surface area contributed by atoms with Gasteiger partial charge in [-0.3, -0.25) is 0 Å². The second-order valence-corrected chi connectivity index (χ2v) is 8.48. The fourth-order valence-electron chi connectivity index (χ4n) is 1.90. The van der Waals surface area contributed by atoms with Gasteiger partial charge in [0.25, 0.3) is 0 Å². The van der Waals surface area contributed by atoms with Crippen molar-refractivity contribution in [2.24, 2.45) is 0 Å².